The van der Waals surface area contributed by atoms with Crippen molar-refractivity contribution in [3.05, 3.63) is 0 Å². The van der Waals surface area contributed by atoms with Gasteiger partial charge < -0.3 is 24.8 Å². The van der Waals surface area contributed by atoms with E-state index in [2.05, 4.69) is 5.32 Å². The molecular weight excluding hydrogens is 312 g/mol. The van der Waals surface area contributed by atoms with Gasteiger partial charge in [-0.15, -0.1) is 0 Å². The predicted molar refractivity (Wildman–Crippen MR) is 90.7 cm³/mol. The molecule has 2 atom stereocenters. The molecule has 0 spiro atoms. The van der Waals surface area contributed by atoms with Gasteiger partial charge in [-0.3, -0.25) is 0 Å². The highest BCUT2D eigenvalue weighted by Gasteiger charge is 2.33. The fourth-order valence-corrected chi connectivity index (χ4v) is 2.57. The van der Waals surface area contributed by atoms with Crippen molar-refractivity contribution in [3.63, 3.8) is 0 Å². The maximum atomic E-state index is 12.2. The Morgan fingerprint density at radius 1 is 1.08 bits per heavy atom. The van der Waals surface area contributed by atoms with Gasteiger partial charge in [-0.1, -0.05) is 0 Å². The molecule has 24 heavy (non-hydrogen) atoms. The van der Waals surface area contributed by atoms with E-state index in [4.69, 9.17) is 9.47 Å². The number of nitrogens with zero attached hydrogens (tertiary/aromatic N) is 1. The van der Waals surface area contributed by atoms with Crippen molar-refractivity contribution in [1.82, 2.24) is 10.2 Å². The van der Waals surface area contributed by atoms with Crippen LogP contribution in [0.4, 0.5) is 9.59 Å². The van der Waals surface area contributed by atoms with Gasteiger partial charge in [-0.25, -0.2) is 9.59 Å². The highest BCUT2D eigenvalue weighted by atomic mass is 16.6. The van der Waals surface area contributed by atoms with Gasteiger partial charge in [0.15, 0.2) is 0 Å². The molecular formula is C17H32N2O5. The second kappa shape index (κ2) is 8.05. The number of hydrogen-bond acceptors (Lipinski definition) is 5. The molecule has 1 saturated heterocycles. The lowest BCUT2D eigenvalue weighted by Crippen LogP contribution is -2.50. The van der Waals surface area contributed by atoms with E-state index in [9.17, 15) is 14.7 Å². The van der Waals surface area contributed by atoms with E-state index in [0.717, 1.165) is 0 Å². The van der Waals surface area contributed by atoms with Crippen LogP contribution in [0, 0.1) is 11.8 Å². The predicted octanol–water partition coefficient (Wildman–Crippen LogP) is 2.38. The molecule has 1 rings (SSSR count). The zero-order chi connectivity index (χ0) is 18.5. The Balaban J connectivity index is 2.59. The summed E-state index contributed by atoms with van der Waals surface area (Å²) >= 11 is 0. The third kappa shape index (κ3) is 7.38. The zero-order valence-corrected chi connectivity index (χ0v) is 15.7. The Kier molecular flexibility index (Phi) is 6.89. The third-order valence-corrected chi connectivity index (χ3v) is 3.69. The Bertz CT molecular complexity index is 439. The molecule has 1 aliphatic rings. The molecule has 7 heteroatoms. The highest BCUT2D eigenvalue weighted by molar-refractivity contribution is 5.68. The molecule has 0 aromatic rings. The smallest absolute Gasteiger partial charge is 0.410 e. The van der Waals surface area contributed by atoms with Crippen molar-refractivity contribution in [2.75, 3.05) is 26.2 Å². The average molecular weight is 344 g/mol. The Morgan fingerprint density at radius 2 is 1.67 bits per heavy atom. The van der Waals surface area contributed by atoms with E-state index in [1.54, 1.807) is 25.7 Å². The number of amides is 2. The summed E-state index contributed by atoms with van der Waals surface area (Å²) in [7, 11) is 0. The highest BCUT2D eigenvalue weighted by Crippen LogP contribution is 2.24. The van der Waals surface area contributed by atoms with E-state index in [-0.39, 0.29) is 24.5 Å². The van der Waals surface area contributed by atoms with E-state index >= 15 is 0 Å². The van der Waals surface area contributed by atoms with E-state index in [1.165, 1.54) is 0 Å². The van der Waals surface area contributed by atoms with Gasteiger partial charge in [0, 0.05) is 26.2 Å². The van der Waals surface area contributed by atoms with Gasteiger partial charge in [0.05, 0.1) is 0 Å². The first-order chi connectivity index (χ1) is 10.9. The van der Waals surface area contributed by atoms with Crippen LogP contribution in [0.15, 0.2) is 0 Å². The number of aliphatic hydroxyl groups excluding tert-OH is 1. The average Bonchev–Trinajstić information content (AvgIpc) is 2.41. The first-order valence-electron chi connectivity index (χ1n) is 8.47. The van der Waals surface area contributed by atoms with Gasteiger partial charge in [0.2, 0.25) is 0 Å². The van der Waals surface area contributed by atoms with Crippen LogP contribution in [-0.4, -0.2) is 59.6 Å². The van der Waals surface area contributed by atoms with Gasteiger partial charge in [0.1, 0.15) is 11.2 Å². The molecule has 0 bridgehead atoms. The lowest BCUT2D eigenvalue weighted by molar-refractivity contribution is 0.00443. The number of rotatable bonds is 3. The van der Waals surface area contributed by atoms with Crippen LogP contribution in [0.5, 0.6) is 0 Å². The van der Waals surface area contributed by atoms with Crippen molar-refractivity contribution >= 4 is 12.2 Å². The van der Waals surface area contributed by atoms with Gasteiger partial charge >= 0.3 is 12.2 Å². The zero-order valence-electron chi connectivity index (χ0n) is 15.7. The lowest BCUT2D eigenvalue weighted by Gasteiger charge is -2.38. The number of carbonyl (C=O) groups is 2. The largest absolute Gasteiger partial charge is 0.444 e. The van der Waals surface area contributed by atoms with Crippen LogP contribution in [0.1, 0.15) is 48.0 Å². The van der Waals surface area contributed by atoms with Crippen LogP contribution < -0.4 is 5.32 Å². The van der Waals surface area contributed by atoms with Gasteiger partial charge in [-0.2, -0.15) is 0 Å². The second-order valence-corrected chi connectivity index (χ2v) is 8.30. The Labute approximate surface area is 144 Å². The second-order valence-electron chi connectivity index (χ2n) is 8.30. The van der Waals surface area contributed by atoms with E-state index in [1.807, 2.05) is 20.8 Å². The fourth-order valence-electron chi connectivity index (χ4n) is 2.57. The molecule has 0 aromatic heterocycles. The summed E-state index contributed by atoms with van der Waals surface area (Å²) in [6, 6.07) is 0. The SMILES string of the molecule is CC(C)(C)OC(=O)NCC1CN(C(=O)OC(C)(C)C)CCC1CO. The summed E-state index contributed by atoms with van der Waals surface area (Å²) in [5, 5.41) is 12.3. The van der Waals surface area contributed by atoms with Crippen molar-refractivity contribution < 1.29 is 24.2 Å². The molecule has 1 aliphatic heterocycles. The summed E-state index contributed by atoms with van der Waals surface area (Å²) in [5.74, 6) is 0.00223. The summed E-state index contributed by atoms with van der Waals surface area (Å²) in [5.41, 5.74) is -1.11. The standard InChI is InChI=1S/C17H32N2O5/c1-16(2,3)23-14(21)18-9-13-10-19(8-7-12(13)11-20)15(22)24-17(4,5)6/h12-13,20H,7-11H2,1-6H3,(H,18,21). The number of aliphatic hydroxyl groups is 1. The molecule has 1 fully saturated rings. The number of piperidine rings is 1. The van der Waals surface area contributed by atoms with E-state index in [0.29, 0.717) is 26.1 Å². The minimum atomic E-state index is -0.560. The molecule has 2 unspecified atom stereocenters. The molecule has 0 radical (unpaired) electrons. The Morgan fingerprint density at radius 3 is 2.17 bits per heavy atom. The molecule has 0 aliphatic carbocycles. The summed E-state index contributed by atoms with van der Waals surface area (Å²) in [6.07, 6.45) is -0.175. The topological polar surface area (TPSA) is 88.1 Å². The number of ether oxygens (including phenoxy) is 2. The fraction of sp³-hybridized carbons (Fsp3) is 0.882. The first kappa shape index (κ1) is 20.5. The summed E-state index contributed by atoms with van der Waals surface area (Å²) in [4.78, 5) is 25.6. The minimum absolute atomic E-state index is 0.0306. The molecule has 0 saturated carbocycles. The van der Waals surface area contributed by atoms with Gasteiger partial charge in [0.25, 0.3) is 0 Å². The van der Waals surface area contributed by atoms with Crippen LogP contribution in [0.3, 0.4) is 0 Å². The summed E-state index contributed by atoms with van der Waals surface area (Å²) < 4.78 is 10.6. The quantitative estimate of drug-likeness (QED) is 0.821. The van der Waals surface area contributed by atoms with Crippen LogP contribution in [0.25, 0.3) is 0 Å². The maximum absolute atomic E-state index is 12.2. The maximum Gasteiger partial charge on any atom is 0.410 e. The molecule has 1 heterocycles. The third-order valence-electron chi connectivity index (χ3n) is 3.69. The first-order valence-corrected chi connectivity index (χ1v) is 8.47. The van der Waals surface area contributed by atoms with Crippen molar-refractivity contribution in [3.8, 4) is 0 Å². The van der Waals surface area contributed by atoms with Crippen LogP contribution >= 0.6 is 0 Å². The minimum Gasteiger partial charge on any atom is -0.444 e. The number of carbonyl (C=O) groups excluding carboxylic acids is 2. The normalized spacial score (nSPS) is 22.0. The van der Waals surface area contributed by atoms with Crippen LogP contribution in [0.2, 0.25) is 0 Å². The number of hydrogen-bond donors (Lipinski definition) is 2. The molecule has 2 amide bonds. The molecule has 7 nitrogen and oxygen atoms in total. The lowest BCUT2D eigenvalue weighted by atomic mass is 9.86. The number of alkyl carbamates (subject to hydrolysis) is 1. The molecule has 140 valence electrons. The molecule has 2 N–H and O–H groups in total. The van der Waals surface area contributed by atoms with Crippen molar-refractivity contribution in [2.45, 2.75) is 59.2 Å². The summed E-state index contributed by atoms with van der Waals surface area (Å²) in [6.45, 7) is 12.2. The Hall–Kier alpha value is -1.50. The van der Waals surface area contributed by atoms with Gasteiger partial charge in [-0.05, 0) is 59.8 Å². The van der Waals surface area contributed by atoms with Crippen molar-refractivity contribution in [1.29, 1.82) is 0 Å². The number of nitrogens with one attached hydrogen (secondary N) is 1. The van der Waals surface area contributed by atoms with Crippen LogP contribution in [-0.2, 0) is 9.47 Å². The number of likely N-dealkylation sites (tertiary alicyclic amines) is 1. The monoisotopic (exact) mass is 344 g/mol. The molecule has 0 aromatic carbocycles. The van der Waals surface area contributed by atoms with Crippen molar-refractivity contribution in [2.24, 2.45) is 11.8 Å². The van der Waals surface area contributed by atoms with E-state index < -0.39 is 17.3 Å².